The zero-order valence-corrected chi connectivity index (χ0v) is 12.4. The Morgan fingerprint density at radius 3 is 2.75 bits per heavy atom. The molecule has 9 heteroatoms. The van der Waals surface area contributed by atoms with E-state index in [1.54, 1.807) is 0 Å². The highest BCUT2D eigenvalue weighted by molar-refractivity contribution is 9.11. The van der Waals surface area contributed by atoms with Crippen molar-refractivity contribution in [1.82, 2.24) is 4.98 Å². The molecule has 0 bridgehead atoms. The molecule has 1 aromatic carbocycles. The van der Waals surface area contributed by atoms with Crippen LogP contribution in [0.1, 0.15) is 10.4 Å². The molecular formula is C11H7BrF3NO3S. The van der Waals surface area contributed by atoms with Crippen LogP contribution in [-0.4, -0.2) is 30.8 Å². The number of aromatic nitrogens is 1. The lowest BCUT2D eigenvalue weighted by Crippen LogP contribution is -2.19. The first-order chi connectivity index (χ1) is 9.30. The second kappa shape index (κ2) is 5.57. The fourth-order valence-corrected chi connectivity index (χ4v) is 2.92. The molecule has 20 heavy (non-hydrogen) atoms. The number of alkyl halides is 3. The summed E-state index contributed by atoms with van der Waals surface area (Å²) in [6, 6.07) is 2.68. The number of thiazole rings is 1. The second-order valence-electron chi connectivity index (χ2n) is 3.68. The molecule has 0 N–H and O–H groups in total. The van der Waals surface area contributed by atoms with E-state index in [9.17, 15) is 18.0 Å². The third-order valence-corrected chi connectivity index (χ3v) is 3.70. The summed E-state index contributed by atoms with van der Waals surface area (Å²) in [6.07, 6.45) is -4.47. The molecule has 0 spiro atoms. The zero-order chi connectivity index (χ0) is 14.9. The molecule has 0 saturated heterocycles. The van der Waals surface area contributed by atoms with Crippen LogP contribution >= 0.6 is 27.3 Å². The van der Waals surface area contributed by atoms with Gasteiger partial charge in [0, 0.05) is 0 Å². The van der Waals surface area contributed by atoms with Gasteiger partial charge in [0.15, 0.2) is 10.5 Å². The maximum atomic E-state index is 12.2. The van der Waals surface area contributed by atoms with E-state index < -0.39 is 18.8 Å². The molecule has 4 nitrogen and oxygen atoms in total. The van der Waals surface area contributed by atoms with E-state index in [1.165, 1.54) is 30.6 Å². The van der Waals surface area contributed by atoms with Crippen molar-refractivity contribution >= 4 is 43.5 Å². The smallest absolute Gasteiger partial charge is 0.422 e. The van der Waals surface area contributed by atoms with Crippen LogP contribution in [0.3, 0.4) is 0 Å². The first-order valence-electron chi connectivity index (χ1n) is 5.18. The fraction of sp³-hybridized carbons (Fsp3) is 0.273. The Morgan fingerprint density at radius 2 is 2.15 bits per heavy atom. The minimum atomic E-state index is -4.47. The van der Waals surface area contributed by atoms with Gasteiger partial charge in [0.05, 0.1) is 17.4 Å². The molecule has 0 radical (unpaired) electrons. The maximum absolute atomic E-state index is 12.2. The molecule has 0 saturated carbocycles. The molecule has 0 unspecified atom stereocenters. The molecule has 1 heterocycles. The van der Waals surface area contributed by atoms with Gasteiger partial charge in [0.25, 0.3) is 0 Å². The first kappa shape index (κ1) is 15.0. The third-order valence-electron chi connectivity index (χ3n) is 2.25. The number of fused-ring (bicyclic) bond motifs is 1. The van der Waals surface area contributed by atoms with Crippen LogP contribution < -0.4 is 4.74 Å². The van der Waals surface area contributed by atoms with E-state index in [4.69, 9.17) is 4.74 Å². The minimum absolute atomic E-state index is 0.105. The maximum Gasteiger partial charge on any atom is 0.422 e. The Kier molecular flexibility index (Phi) is 4.19. The molecule has 0 fully saturated rings. The molecule has 0 aliphatic rings. The number of ether oxygens (including phenoxy) is 2. The highest BCUT2D eigenvalue weighted by atomic mass is 79.9. The van der Waals surface area contributed by atoms with Crippen molar-refractivity contribution in [3.05, 3.63) is 21.6 Å². The number of benzene rings is 1. The molecular weight excluding hydrogens is 363 g/mol. The van der Waals surface area contributed by atoms with Gasteiger partial charge >= 0.3 is 12.1 Å². The van der Waals surface area contributed by atoms with Crippen LogP contribution in [0.5, 0.6) is 5.75 Å². The van der Waals surface area contributed by atoms with Gasteiger partial charge in [-0.25, -0.2) is 9.78 Å². The van der Waals surface area contributed by atoms with Crippen molar-refractivity contribution in [2.45, 2.75) is 6.18 Å². The summed E-state index contributed by atoms with van der Waals surface area (Å²) in [5.41, 5.74) is 0.368. The van der Waals surface area contributed by atoms with E-state index >= 15 is 0 Å². The number of hydrogen-bond donors (Lipinski definition) is 0. The standard InChI is InChI=1S/C11H7BrF3NO3S/c1-18-9(17)5-2-6(19-4-11(13,14)15)8-7(3-5)20-10(12)16-8/h2-3H,4H2,1H3. The van der Waals surface area contributed by atoms with E-state index in [-0.39, 0.29) is 16.8 Å². The number of carbonyl (C=O) groups excluding carboxylic acids is 1. The highest BCUT2D eigenvalue weighted by Crippen LogP contribution is 2.34. The number of carbonyl (C=O) groups is 1. The molecule has 2 aromatic rings. The number of nitrogens with zero attached hydrogens (tertiary/aromatic N) is 1. The average molecular weight is 370 g/mol. The van der Waals surface area contributed by atoms with E-state index in [0.717, 1.165) is 0 Å². The summed E-state index contributed by atoms with van der Waals surface area (Å²) < 4.78 is 47.0. The summed E-state index contributed by atoms with van der Waals surface area (Å²) in [5.74, 6) is -0.768. The van der Waals surface area contributed by atoms with Crippen LogP contribution in [0.4, 0.5) is 13.2 Å². The van der Waals surface area contributed by atoms with Gasteiger partial charge in [-0.1, -0.05) is 0 Å². The molecule has 0 amide bonds. The summed E-state index contributed by atoms with van der Waals surface area (Å²) >= 11 is 4.32. The van der Waals surface area contributed by atoms with E-state index in [0.29, 0.717) is 8.62 Å². The quantitative estimate of drug-likeness (QED) is 0.772. The second-order valence-corrected chi connectivity index (χ2v) is 5.99. The Morgan fingerprint density at radius 1 is 1.45 bits per heavy atom. The van der Waals surface area contributed by atoms with Crippen molar-refractivity contribution in [1.29, 1.82) is 0 Å². The molecule has 108 valence electrons. The zero-order valence-electron chi connectivity index (χ0n) is 9.95. The number of rotatable bonds is 3. The largest absolute Gasteiger partial charge is 0.482 e. The van der Waals surface area contributed by atoms with Crippen molar-refractivity contribution in [2.24, 2.45) is 0 Å². The van der Waals surface area contributed by atoms with Gasteiger partial charge in [-0.3, -0.25) is 0 Å². The summed E-state index contributed by atoms with van der Waals surface area (Å²) in [6.45, 7) is -1.46. The predicted molar refractivity (Wildman–Crippen MR) is 70.2 cm³/mol. The molecule has 0 aliphatic heterocycles. The van der Waals surface area contributed by atoms with E-state index in [2.05, 4.69) is 25.7 Å². The van der Waals surface area contributed by atoms with Gasteiger partial charge in [-0.15, -0.1) is 11.3 Å². The Labute approximate surface area is 123 Å². The van der Waals surface area contributed by atoms with Crippen LogP contribution in [-0.2, 0) is 4.74 Å². The normalized spacial score (nSPS) is 11.7. The van der Waals surface area contributed by atoms with Crippen molar-refractivity contribution in [2.75, 3.05) is 13.7 Å². The lowest BCUT2D eigenvalue weighted by molar-refractivity contribution is -0.153. The van der Waals surface area contributed by atoms with Crippen LogP contribution in [0.2, 0.25) is 0 Å². The highest BCUT2D eigenvalue weighted by Gasteiger charge is 2.29. The Balaban J connectivity index is 2.46. The van der Waals surface area contributed by atoms with Crippen LogP contribution in [0.15, 0.2) is 16.0 Å². The SMILES string of the molecule is COC(=O)c1cc(OCC(F)(F)F)c2nc(Br)sc2c1. The van der Waals surface area contributed by atoms with Crippen molar-refractivity contribution in [3.8, 4) is 5.75 Å². The lowest BCUT2D eigenvalue weighted by Gasteiger charge is -2.10. The predicted octanol–water partition coefficient (Wildman–Crippen LogP) is 3.79. The summed E-state index contributed by atoms with van der Waals surface area (Å²) in [7, 11) is 1.19. The Hall–Kier alpha value is -1.35. The molecule has 0 atom stereocenters. The van der Waals surface area contributed by atoms with Gasteiger partial charge in [-0.05, 0) is 28.1 Å². The summed E-state index contributed by atoms with van der Waals surface area (Å²) in [4.78, 5) is 15.5. The summed E-state index contributed by atoms with van der Waals surface area (Å²) in [5, 5.41) is 0. The number of hydrogen-bond acceptors (Lipinski definition) is 5. The molecule has 2 rings (SSSR count). The average Bonchev–Trinajstić information content (AvgIpc) is 2.74. The number of methoxy groups -OCH3 is 1. The minimum Gasteiger partial charge on any atom is -0.482 e. The van der Waals surface area contributed by atoms with Gasteiger partial charge < -0.3 is 9.47 Å². The van der Waals surface area contributed by atoms with Gasteiger partial charge in [-0.2, -0.15) is 13.2 Å². The Bertz CT molecular complexity index is 656. The van der Waals surface area contributed by atoms with Crippen LogP contribution in [0.25, 0.3) is 10.2 Å². The monoisotopic (exact) mass is 369 g/mol. The van der Waals surface area contributed by atoms with Crippen molar-refractivity contribution in [3.63, 3.8) is 0 Å². The molecule has 0 aliphatic carbocycles. The molecule has 1 aromatic heterocycles. The number of esters is 1. The van der Waals surface area contributed by atoms with Gasteiger partial charge in [0.2, 0.25) is 0 Å². The van der Waals surface area contributed by atoms with Crippen molar-refractivity contribution < 1.29 is 27.4 Å². The third kappa shape index (κ3) is 3.40. The van der Waals surface area contributed by atoms with Crippen LogP contribution in [0, 0.1) is 0 Å². The lowest BCUT2D eigenvalue weighted by atomic mass is 10.2. The first-order valence-corrected chi connectivity index (χ1v) is 6.79. The topological polar surface area (TPSA) is 48.4 Å². The van der Waals surface area contributed by atoms with Gasteiger partial charge in [0.1, 0.15) is 11.3 Å². The van der Waals surface area contributed by atoms with E-state index in [1.807, 2.05) is 0 Å². The number of halogens is 4. The fourth-order valence-electron chi connectivity index (χ4n) is 1.48.